The molecule has 2 aromatic heterocycles. The summed E-state index contributed by atoms with van der Waals surface area (Å²) in [5.41, 5.74) is 3.99. The van der Waals surface area contributed by atoms with Gasteiger partial charge in [-0.3, -0.25) is 4.79 Å². The third-order valence-corrected chi connectivity index (χ3v) is 9.23. The first-order valence-electron chi connectivity index (χ1n) is 17.2. The lowest BCUT2D eigenvalue weighted by Crippen LogP contribution is -2.49. The van der Waals surface area contributed by atoms with Gasteiger partial charge in [-0.05, 0) is 34.9 Å². The van der Waals surface area contributed by atoms with Crippen molar-refractivity contribution in [3.05, 3.63) is 137 Å². The second-order valence-electron chi connectivity index (χ2n) is 12.3. The van der Waals surface area contributed by atoms with E-state index in [1.165, 1.54) is 19.5 Å². The summed E-state index contributed by atoms with van der Waals surface area (Å²) in [6, 6.07) is 30.3. The molecule has 6 aromatic rings. The Labute approximate surface area is 316 Å². The van der Waals surface area contributed by atoms with Crippen LogP contribution in [-0.2, 0) is 18.0 Å². The van der Waals surface area contributed by atoms with E-state index in [-0.39, 0.29) is 23.8 Å². The molecule has 1 fully saturated rings. The molecule has 1 amide bonds. The lowest BCUT2D eigenvalue weighted by molar-refractivity contribution is 0.0599. The number of benzene rings is 4. The Balaban J connectivity index is 1.22. The summed E-state index contributed by atoms with van der Waals surface area (Å²) in [5, 5.41) is 4.71. The van der Waals surface area contributed by atoms with Crippen LogP contribution in [-0.4, -0.2) is 72.3 Å². The summed E-state index contributed by atoms with van der Waals surface area (Å²) < 4.78 is 28.8. The second kappa shape index (κ2) is 16.5. The number of amides is 1. The molecule has 1 aliphatic heterocycles. The molecule has 3 heterocycles. The number of hydrogen-bond donors (Lipinski definition) is 0. The summed E-state index contributed by atoms with van der Waals surface area (Å²) in [6.07, 6.45) is 2.85. The van der Waals surface area contributed by atoms with Gasteiger partial charge in [-0.2, -0.15) is 0 Å². The van der Waals surface area contributed by atoms with Crippen LogP contribution in [0.2, 0.25) is 5.02 Å². The molecule has 1 aliphatic rings. The van der Waals surface area contributed by atoms with Crippen LogP contribution in [0.5, 0.6) is 17.2 Å². The maximum atomic E-state index is 14.3. The number of ether oxygens (including phenoxy) is 4. The number of nitrogens with zero attached hydrogens (tertiary/aromatic N) is 5. The van der Waals surface area contributed by atoms with Gasteiger partial charge in [0, 0.05) is 44.6 Å². The van der Waals surface area contributed by atoms with Gasteiger partial charge < -0.3 is 33.3 Å². The zero-order valence-corrected chi connectivity index (χ0v) is 30.4. The highest BCUT2D eigenvalue weighted by Gasteiger charge is 2.32. The minimum atomic E-state index is -0.513. The number of methoxy groups -OCH3 is 2. The van der Waals surface area contributed by atoms with Crippen LogP contribution in [0.25, 0.3) is 22.5 Å². The molecule has 13 heteroatoms. The van der Waals surface area contributed by atoms with Gasteiger partial charge in [-0.25, -0.2) is 14.8 Å². The van der Waals surface area contributed by atoms with E-state index in [9.17, 15) is 9.59 Å². The number of carbonyl (C=O) groups is 2. The minimum absolute atomic E-state index is 0.136. The van der Waals surface area contributed by atoms with E-state index in [0.29, 0.717) is 83.5 Å². The monoisotopic (exact) mass is 745 g/mol. The van der Waals surface area contributed by atoms with Crippen LogP contribution in [0.15, 0.2) is 114 Å². The number of anilines is 1. The fourth-order valence-electron chi connectivity index (χ4n) is 6.03. The zero-order valence-electron chi connectivity index (χ0n) is 29.6. The van der Waals surface area contributed by atoms with Gasteiger partial charge >= 0.3 is 5.97 Å². The van der Waals surface area contributed by atoms with Crippen molar-refractivity contribution in [2.45, 2.75) is 13.2 Å². The topological polar surface area (TPSA) is 129 Å². The first kappa shape index (κ1) is 36.0. The summed E-state index contributed by atoms with van der Waals surface area (Å²) in [7, 11) is 2.89. The van der Waals surface area contributed by atoms with E-state index in [0.717, 1.165) is 11.1 Å². The van der Waals surface area contributed by atoms with Crippen molar-refractivity contribution in [3.63, 3.8) is 0 Å². The van der Waals surface area contributed by atoms with Crippen molar-refractivity contribution in [2.24, 2.45) is 0 Å². The number of esters is 1. The highest BCUT2D eigenvalue weighted by atomic mass is 35.5. The Kier molecular flexibility index (Phi) is 11.0. The number of halogens is 1. The van der Waals surface area contributed by atoms with E-state index >= 15 is 0 Å². The van der Waals surface area contributed by atoms with Crippen molar-refractivity contribution in [1.29, 1.82) is 0 Å². The van der Waals surface area contributed by atoms with E-state index in [2.05, 4.69) is 15.1 Å². The molecule has 0 aliphatic carbocycles. The van der Waals surface area contributed by atoms with E-state index in [4.69, 9.17) is 35.1 Å². The molecule has 0 spiro atoms. The van der Waals surface area contributed by atoms with Crippen molar-refractivity contribution in [1.82, 2.24) is 20.0 Å². The summed E-state index contributed by atoms with van der Waals surface area (Å²) in [6.45, 7) is 2.22. The van der Waals surface area contributed by atoms with Crippen LogP contribution in [0.1, 0.15) is 32.0 Å². The summed E-state index contributed by atoms with van der Waals surface area (Å²) in [4.78, 5) is 38.4. The van der Waals surface area contributed by atoms with Crippen molar-refractivity contribution < 1.29 is 33.1 Å². The van der Waals surface area contributed by atoms with Gasteiger partial charge in [0.05, 0.1) is 35.9 Å². The molecule has 54 heavy (non-hydrogen) atoms. The second-order valence-corrected chi connectivity index (χ2v) is 12.7. The Hall–Kier alpha value is -6.40. The SMILES string of the molecule is COC(=O)c1cnc(N2CCN(C(=O)c3noc(-c4cc(Cl)c(OCc5ccccc5)cc4OCc4ccccc4)c3-c3ccc(OC)cc3)CC2)nc1. The Morgan fingerprint density at radius 2 is 1.39 bits per heavy atom. The number of carbonyl (C=O) groups excluding carboxylic acids is 2. The average Bonchev–Trinajstić information content (AvgIpc) is 3.68. The third-order valence-electron chi connectivity index (χ3n) is 8.94. The Bertz CT molecular complexity index is 2210. The Morgan fingerprint density at radius 1 is 0.778 bits per heavy atom. The van der Waals surface area contributed by atoms with Gasteiger partial charge in [0.15, 0.2) is 11.5 Å². The molecule has 0 N–H and O–H groups in total. The molecule has 274 valence electrons. The van der Waals surface area contributed by atoms with Crippen molar-refractivity contribution in [3.8, 4) is 39.7 Å². The van der Waals surface area contributed by atoms with Gasteiger partial charge in [-0.1, -0.05) is 89.6 Å². The smallest absolute Gasteiger partial charge is 0.341 e. The van der Waals surface area contributed by atoms with Gasteiger partial charge in [0.25, 0.3) is 5.91 Å². The van der Waals surface area contributed by atoms with E-state index in [1.807, 2.05) is 89.8 Å². The maximum absolute atomic E-state index is 14.3. The number of piperazine rings is 1. The highest BCUT2D eigenvalue weighted by Crippen LogP contribution is 2.44. The standard InChI is InChI=1S/C41H36ClN5O7/c1-50-31-15-13-29(14-16-31)36-37(39(48)46-17-19-47(20-18-46)41-43-23-30(24-44-41)40(49)51-2)45-54-38(36)32-21-33(42)35(53-26-28-11-7-4-8-12-28)22-34(32)52-25-27-9-5-3-6-10-27/h3-16,21-24H,17-20,25-26H2,1-2H3. The molecule has 0 saturated carbocycles. The average molecular weight is 746 g/mol. The zero-order chi connectivity index (χ0) is 37.4. The fourth-order valence-corrected chi connectivity index (χ4v) is 6.24. The molecule has 0 radical (unpaired) electrons. The fraction of sp³-hybridized carbons (Fsp3) is 0.195. The first-order valence-corrected chi connectivity index (χ1v) is 17.6. The van der Waals surface area contributed by atoms with Crippen LogP contribution < -0.4 is 19.1 Å². The minimum Gasteiger partial charge on any atom is -0.497 e. The van der Waals surface area contributed by atoms with E-state index < -0.39 is 5.97 Å². The number of hydrogen-bond acceptors (Lipinski definition) is 11. The highest BCUT2D eigenvalue weighted by molar-refractivity contribution is 6.32. The van der Waals surface area contributed by atoms with Gasteiger partial charge in [0.2, 0.25) is 5.95 Å². The summed E-state index contributed by atoms with van der Waals surface area (Å²) in [5.74, 6) is 1.45. The van der Waals surface area contributed by atoms with Gasteiger partial charge in [0.1, 0.15) is 30.5 Å². The van der Waals surface area contributed by atoms with Crippen molar-refractivity contribution in [2.75, 3.05) is 45.3 Å². The quantitative estimate of drug-likeness (QED) is 0.117. The number of aromatic nitrogens is 3. The first-order chi connectivity index (χ1) is 26.4. The Morgan fingerprint density at radius 3 is 1.98 bits per heavy atom. The molecular formula is C41H36ClN5O7. The molecule has 4 aromatic carbocycles. The van der Waals surface area contributed by atoms with Crippen LogP contribution >= 0.6 is 11.6 Å². The van der Waals surface area contributed by atoms with Crippen LogP contribution in [0.4, 0.5) is 5.95 Å². The predicted octanol–water partition coefficient (Wildman–Crippen LogP) is 7.37. The van der Waals surface area contributed by atoms with E-state index in [1.54, 1.807) is 24.1 Å². The normalized spacial score (nSPS) is 12.6. The third kappa shape index (κ3) is 7.98. The molecule has 12 nitrogen and oxygen atoms in total. The lowest BCUT2D eigenvalue weighted by atomic mass is 9.98. The van der Waals surface area contributed by atoms with Crippen LogP contribution in [0, 0.1) is 0 Å². The van der Waals surface area contributed by atoms with Gasteiger partial charge in [-0.15, -0.1) is 0 Å². The largest absolute Gasteiger partial charge is 0.497 e. The molecular weight excluding hydrogens is 710 g/mol. The molecule has 7 rings (SSSR count). The maximum Gasteiger partial charge on any atom is 0.341 e. The molecule has 0 bridgehead atoms. The number of rotatable bonds is 12. The lowest BCUT2D eigenvalue weighted by Gasteiger charge is -2.34. The molecule has 0 unspecified atom stereocenters. The van der Waals surface area contributed by atoms with Crippen LogP contribution in [0.3, 0.4) is 0 Å². The molecule has 1 saturated heterocycles. The predicted molar refractivity (Wildman–Crippen MR) is 202 cm³/mol. The summed E-state index contributed by atoms with van der Waals surface area (Å²) >= 11 is 6.89. The van der Waals surface area contributed by atoms with Crippen molar-refractivity contribution >= 4 is 29.4 Å². The molecule has 0 atom stereocenters.